The molecule has 1 aromatic rings. The maximum atomic E-state index is 11.5. The van der Waals surface area contributed by atoms with E-state index in [1.54, 1.807) is 20.8 Å². The van der Waals surface area contributed by atoms with Gasteiger partial charge in [0.25, 0.3) is 0 Å². The molecule has 9 heteroatoms. The molecule has 1 rings (SSSR count). The summed E-state index contributed by atoms with van der Waals surface area (Å²) in [6.45, 7) is 6.89. The highest BCUT2D eigenvalue weighted by molar-refractivity contribution is 8.13. The number of thioether (sulfide) groups is 1. The summed E-state index contributed by atoms with van der Waals surface area (Å²) in [5.41, 5.74) is -0.567. The summed E-state index contributed by atoms with van der Waals surface area (Å²) >= 11 is 0.886. The molecule has 124 valence electrons. The van der Waals surface area contributed by atoms with Crippen LogP contribution in [0.5, 0.6) is 0 Å². The Morgan fingerprint density at radius 2 is 1.95 bits per heavy atom. The van der Waals surface area contributed by atoms with Crippen LogP contribution in [0.1, 0.15) is 32.3 Å². The van der Waals surface area contributed by atoms with Gasteiger partial charge in [0.2, 0.25) is 0 Å². The van der Waals surface area contributed by atoms with Gasteiger partial charge in [-0.15, -0.1) is 0 Å². The van der Waals surface area contributed by atoms with Crippen LogP contribution in [0, 0.1) is 6.92 Å². The van der Waals surface area contributed by atoms with Crippen LogP contribution in [0.3, 0.4) is 0 Å². The number of aryl methyl sites for hydroxylation is 1. The van der Waals surface area contributed by atoms with Gasteiger partial charge in [0.1, 0.15) is 5.60 Å². The average Bonchev–Trinajstić information content (AvgIpc) is 2.68. The van der Waals surface area contributed by atoms with Crippen molar-refractivity contribution in [1.82, 2.24) is 5.32 Å². The zero-order valence-electron chi connectivity index (χ0n) is 12.9. The number of nitrogens with one attached hydrogen (secondary N) is 1. The normalized spacial score (nSPS) is 11.1. The van der Waals surface area contributed by atoms with E-state index in [0.717, 1.165) is 11.8 Å². The first-order chi connectivity index (χ1) is 10.2. The van der Waals surface area contributed by atoms with Gasteiger partial charge in [-0.05, 0) is 39.5 Å². The van der Waals surface area contributed by atoms with Gasteiger partial charge in [-0.25, -0.2) is 14.4 Å². The van der Waals surface area contributed by atoms with E-state index in [2.05, 4.69) is 14.2 Å². The van der Waals surface area contributed by atoms with Crippen LogP contribution in [-0.2, 0) is 16.1 Å². The van der Waals surface area contributed by atoms with E-state index in [0.29, 0.717) is 5.75 Å². The minimum Gasteiger partial charge on any atom is -0.449 e. The van der Waals surface area contributed by atoms with Crippen molar-refractivity contribution in [3.05, 3.63) is 22.1 Å². The second-order valence-electron chi connectivity index (χ2n) is 5.25. The fourth-order valence-corrected chi connectivity index (χ4v) is 1.79. The third-order valence-electron chi connectivity index (χ3n) is 2.15. The van der Waals surface area contributed by atoms with Crippen LogP contribution in [0.4, 0.5) is 9.59 Å². The van der Waals surface area contributed by atoms with Crippen molar-refractivity contribution in [2.45, 2.75) is 39.9 Å². The maximum Gasteiger partial charge on any atom is 0.519 e. The highest BCUT2D eigenvalue weighted by atomic mass is 32.2. The molecule has 8 nitrogen and oxygen atoms in total. The van der Waals surface area contributed by atoms with E-state index in [1.807, 2.05) is 0 Å². The summed E-state index contributed by atoms with van der Waals surface area (Å²) in [7, 11) is 0. The van der Waals surface area contributed by atoms with Gasteiger partial charge in [0.05, 0.1) is 0 Å². The SMILES string of the molecule is Cc1oc(=O)oc1COC(=O)SCCNC(=O)OC(C)(C)C. The molecule has 22 heavy (non-hydrogen) atoms. The Labute approximate surface area is 131 Å². The number of hydrogen-bond acceptors (Lipinski definition) is 8. The standard InChI is InChI=1S/C13H19NO7S/c1-8-9(20-11(16)19-8)7-18-12(17)22-6-5-14-10(15)21-13(2,3)4/h5-7H2,1-4H3,(H,14,15). The first-order valence-corrected chi connectivity index (χ1v) is 7.52. The number of carbonyl (C=O) groups is 2. The largest absolute Gasteiger partial charge is 0.519 e. The predicted molar refractivity (Wildman–Crippen MR) is 78.9 cm³/mol. The van der Waals surface area contributed by atoms with Crippen LogP contribution >= 0.6 is 11.8 Å². The van der Waals surface area contributed by atoms with Crippen LogP contribution in [0.2, 0.25) is 0 Å². The molecular formula is C13H19NO7S. The first-order valence-electron chi connectivity index (χ1n) is 6.53. The van der Waals surface area contributed by atoms with Gasteiger partial charge in [-0.2, -0.15) is 0 Å². The van der Waals surface area contributed by atoms with Crippen molar-refractivity contribution in [3.63, 3.8) is 0 Å². The predicted octanol–water partition coefficient (Wildman–Crippen LogP) is 2.44. The summed E-state index contributed by atoms with van der Waals surface area (Å²) in [6.07, 6.45) is -0.544. The molecule has 0 aliphatic carbocycles. The quantitative estimate of drug-likeness (QED) is 0.646. The minimum atomic E-state index is -0.835. The first kappa shape index (κ1) is 18.1. The number of ether oxygens (including phenoxy) is 2. The van der Waals surface area contributed by atoms with Gasteiger partial charge in [0.15, 0.2) is 18.1 Å². The molecule has 0 saturated carbocycles. The topological polar surface area (TPSA) is 108 Å². The van der Waals surface area contributed by atoms with Gasteiger partial charge < -0.3 is 23.6 Å². The average molecular weight is 333 g/mol. The fraction of sp³-hybridized carbons (Fsp3) is 0.615. The Hall–Kier alpha value is -1.90. The summed E-state index contributed by atoms with van der Waals surface area (Å²) in [4.78, 5) is 33.6. The van der Waals surface area contributed by atoms with Gasteiger partial charge >= 0.3 is 17.2 Å². The summed E-state index contributed by atoms with van der Waals surface area (Å²) in [5.74, 6) is -0.0650. The lowest BCUT2D eigenvalue weighted by atomic mass is 10.2. The van der Waals surface area contributed by atoms with Crippen LogP contribution in [-0.4, -0.2) is 29.3 Å². The molecule has 0 atom stereocenters. The molecule has 1 N–H and O–H groups in total. The monoisotopic (exact) mass is 333 g/mol. The Morgan fingerprint density at radius 3 is 2.50 bits per heavy atom. The van der Waals surface area contributed by atoms with E-state index >= 15 is 0 Å². The molecule has 0 radical (unpaired) electrons. The summed E-state index contributed by atoms with van der Waals surface area (Å²) < 4.78 is 19.3. The molecule has 0 bridgehead atoms. The Bertz CT molecular complexity index is 570. The molecule has 1 aromatic heterocycles. The van der Waals surface area contributed by atoms with Crippen LogP contribution in [0.25, 0.3) is 0 Å². The van der Waals surface area contributed by atoms with E-state index in [9.17, 15) is 14.4 Å². The second kappa shape index (κ2) is 7.92. The molecule has 0 fully saturated rings. The summed E-state index contributed by atoms with van der Waals surface area (Å²) in [6, 6.07) is 0. The van der Waals surface area contributed by atoms with Crippen molar-refractivity contribution in [2.24, 2.45) is 0 Å². The molecule has 0 aliphatic heterocycles. The molecule has 0 aliphatic rings. The highest BCUT2D eigenvalue weighted by Gasteiger charge is 2.16. The molecule has 0 aromatic carbocycles. The van der Waals surface area contributed by atoms with Crippen molar-refractivity contribution >= 4 is 23.2 Å². The van der Waals surface area contributed by atoms with E-state index in [1.165, 1.54) is 6.92 Å². The van der Waals surface area contributed by atoms with Crippen molar-refractivity contribution < 1.29 is 27.9 Å². The minimum absolute atomic E-state index is 0.172. The van der Waals surface area contributed by atoms with Gasteiger partial charge in [-0.3, -0.25) is 0 Å². The van der Waals surface area contributed by atoms with Crippen molar-refractivity contribution in [1.29, 1.82) is 0 Å². The zero-order chi connectivity index (χ0) is 16.8. The molecule has 1 amide bonds. The highest BCUT2D eigenvalue weighted by Crippen LogP contribution is 2.11. The summed E-state index contributed by atoms with van der Waals surface area (Å²) in [5, 5.41) is 1.97. The lowest BCUT2D eigenvalue weighted by Crippen LogP contribution is -2.33. The molecule has 0 unspecified atom stereocenters. The Kier molecular flexibility index (Phi) is 6.54. The van der Waals surface area contributed by atoms with E-state index < -0.39 is 22.8 Å². The third-order valence-corrected chi connectivity index (χ3v) is 2.91. The number of alkyl carbamates (subject to hydrolysis) is 1. The number of hydrogen-bond donors (Lipinski definition) is 1. The van der Waals surface area contributed by atoms with Crippen LogP contribution in [0.15, 0.2) is 13.6 Å². The zero-order valence-corrected chi connectivity index (χ0v) is 13.7. The van der Waals surface area contributed by atoms with Crippen molar-refractivity contribution in [3.8, 4) is 0 Å². The van der Waals surface area contributed by atoms with E-state index in [-0.39, 0.29) is 24.7 Å². The molecule has 0 saturated heterocycles. The second-order valence-corrected chi connectivity index (χ2v) is 6.28. The fourth-order valence-electron chi connectivity index (χ4n) is 1.27. The lowest BCUT2D eigenvalue weighted by Gasteiger charge is -2.19. The third kappa shape index (κ3) is 7.21. The Morgan fingerprint density at radius 1 is 1.27 bits per heavy atom. The number of amides is 1. The van der Waals surface area contributed by atoms with E-state index in [4.69, 9.17) is 9.47 Å². The lowest BCUT2D eigenvalue weighted by molar-refractivity contribution is 0.0531. The number of carbonyl (C=O) groups excluding carboxylic acids is 2. The number of rotatable bonds is 5. The molecular weight excluding hydrogens is 314 g/mol. The molecule has 1 heterocycles. The maximum absolute atomic E-state index is 11.5. The van der Waals surface area contributed by atoms with Crippen molar-refractivity contribution in [2.75, 3.05) is 12.3 Å². The molecule has 0 spiro atoms. The Balaban J connectivity index is 2.17. The van der Waals surface area contributed by atoms with Gasteiger partial charge in [-0.1, -0.05) is 0 Å². The van der Waals surface area contributed by atoms with Gasteiger partial charge in [0, 0.05) is 12.3 Å². The van der Waals surface area contributed by atoms with Crippen LogP contribution < -0.4 is 11.1 Å². The smallest absolute Gasteiger partial charge is 0.449 e.